The smallest absolute Gasteiger partial charge is 0.330 e. The van der Waals surface area contributed by atoms with Gasteiger partial charge in [0, 0.05) is 6.54 Å². The van der Waals surface area contributed by atoms with Gasteiger partial charge in [0.1, 0.15) is 5.54 Å². The Kier molecular flexibility index (Phi) is 4.59. The summed E-state index contributed by atoms with van der Waals surface area (Å²) in [6.07, 6.45) is 0.645. The van der Waals surface area contributed by atoms with E-state index in [9.17, 15) is 4.79 Å². The Labute approximate surface area is 144 Å². The molecule has 22 heavy (non-hydrogen) atoms. The molecule has 2 fully saturated rings. The van der Waals surface area contributed by atoms with Crippen LogP contribution in [0.15, 0.2) is 30.3 Å². The van der Waals surface area contributed by atoms with Crippen LogP contribution < -0.4 is 0 Å². The summed E-state index contributed by atoms with van der Waals surface area (Å²) in [6, 6.07) is 9.78. The molecule has 1 aromatic rings. The monoisotopic (exact) mass is 363 g/mol. The summed E-state index contributed by atoms with van der Waals surface area (Å²) in [5.74, 6) is -0.366. The fourth-order valence-corrected chi connectivity index (χ4v) is 3.59. The van der Waals surface area contributed by atoms with Gasteiger partial charge in [-0.3, -0.25) is 0 Å². The van der Waals surface area contributed by atoms with Crippen molar-refractivity contribution in [1.29, 1.82) is 0 Å². The fraction of sp³-hybridized carbons (Fsp3) is 0.533. The van der Waals surface area contributed by atoms with Crippen molar-refractivity contribution in [3.63, 3.8) is 0 Å². The number of alkyl halides is 3. The number of hydrogen-bond donors (Lipinski definition) is 0. The number of cyclic esters (lactones) is 1. The molecule has 0 saturated carbocycles. The van der Waals surface area contributed by atoms with Crippen LogP contribution in [0, 0.1) is 0 Å². The lowest BCUT2D eigenvalue weighted by Crippen LogP contribution is -2.52. The highest BCUT2D eigenvalue weighted by Gasteiger charge is 2.62. The van der Waals surface area contributed by atoms with E-state index < -0.39 is 15.6 Å². The summed E-state index contributed by atoms with van der Waals surface area (Å²) in [5.41, 5.74) is 0.219. The SMILES string of the molecule is O=C1OC(C(Cl)(Cl)Cl)N2CCC[C@@]12COCc1ccccc1. The average molecular weight is 365 g/mol. The van der Waals surface area contributed by atoms with E-state index in [2.05, 4.69) is 0 Å². The van der Waals surface area contributed by atoms with Crippen molar-refractivity contribution >= 4 is 40.8 Å². The van der Waals surface area contributed by atoms with Crippen molar-refractivity contribution in [1.82, 2.24) is 4.90 Å². The normalized spacial score (nSPS) is 28.7. The predicted molar refractivity (Wildman–Crippen MR) is 84.9 cm³/mol. The third kappa shape index (κ3) is 2.95. The van der Waals surface area contributed by atoms with Crippen LogP contribution in [0.5, 0.6) is 0 Å². The highest BCUT2D eigenvalue weighted by atomic mass is 35.6. The van der Waals surface area contributed by atoms with Gasteiger partial charge < -0.3 is 9.47 Å². The Bertz CT molecular complexity index is 549. The number of ether oxygens (including phenoxy) is 2. The molecule has 0 aliphatic carbocycles. The second kappa shape index (κ2) is 6.17. The number of benzene rings is 1. The lowest BCUT2D eigenvalue weighted by atomic mass is 9.98. The number of carbonyl (C=O) groups is 1. The molecule has 2 saturated heterocycles. The lowest BCUT2D eigenvalue weighted by molar-refractivity contribution is -0.147. The van der Waals surface area contributed by atoms with Gasteiger partial charge in [-0.25, -0.2) is 9.69 Å². The number of rotatable bonds is 4. The highest BCUT2D eigenvalue weighted by Crippen LogP contribution is 2.46. The third-order valence-electron chi connectivity index (χ3n) is 4.15. The molecule has 2 atom stereocenters. The Morgan fingerprint density at radius 3 is 2.73 bits per heavy atom. The molecule has 4 nitrogen and oxygen atoms in total. The molecule has 0 amide bonds. The maximum Gasteiger partial charge on any atom is 0.330 e. The summed E-state index contributed by atoms with van der Waals surface area (Å²) in [6.45, 7) is 1.32. The van der Waals surface area contributed by atoms with E-state index in [1.807, 2.05) is 35.2 Å². The first-order valence-electron chi connectivity index (χ1n) is 7.10. The molecule has 0 aromatic heterocycles. The maximum absolute atomic E-state index is 12.4. The van der Waals surface area contributed by atoms with Crippen molar-refractivity contribution in [2.45, 2.75) is 35.0 Å². The average Bonchev–Trinajstić information content (AvgIpc) is 2.99. The second-order valence-corrected chi connectivity index (χ2v) is 7.98. The van der Waals surface area contributed by atoms with Crippen LogP contribution in [0.25, 0.3) is 0 Å². The molecule has 120 valence electrons. The van der Waals surface area contributed by atoms with E-state index in [0.29, 0.717) is 19.6 Å². The molecule has 0 bridgehead atoms. The van der Waals surface area contributed by atoms with Gasteiger partial charge in [-0.1, -0.05) is 65.1 Å². The minimum atomic E-state index is -1.67. The summed E-state index contributed by atoms with van der Waals surface area (Å²) in [7, 11) is 0. The fourth-order valence-electron chi connectivity index (χ4n) is 3.10. The van der Waals surface area contributed by atoms with E-state index in [1.165, 1.54) is 0 Å². The Morgan fingerprint density at radius 2 is 2.05 bits per heavy atom. The van der Waals surface area contributed by atoms with Crippen molar-refractivity contribution in [2.24, 2.45) is 0 Å². The Hall–Kier alpha value is -0.520. The van der Waals surface area contributed by atoms with Gasteiger partial charge in [-0.15, -0.1) is 0 Å². The lowest BCUT2D eigenvalue weighted by Gasteiger charge is -2.31. The zero-order valence-electron chi connectivity index (χ0n) is 11.8. The van der Waals surface area contributed by atoms with E-state index >= 15 is 0 Å². The van der Waals surface area contributed by atoms with Crippen molar-refractivity contribution in [3.05, 3.63) is 35.9 Å². The minimum absolute atomic E-state index is 0.234. The zero-order chi connectivity index (χ0) is 15.8. The maximum atomic E-state index is 12.4. The largest absolute Gasteiger partial charge is 0.440 e. The molecular weight excluding hydrogens is 349 g/mol. The molecule has 1 aromatic carbocycles. The summed E-state index contributed by atoms with van der Waals surface area (Å²) in [5, 5.41) is 0. The number of halogens is 3. The van der Waals surface area contributed by atoms with Gasteiger partial charge in [0.2, 0.25) is 10.0 Å². The van der Waals surface area contributed by atoms with Gasteiger partial charge in [0.15, 0.2) is 0 Å². The molecule has 2 aliphatic heterocycles. The van der Waals surface area contributed by atoms with Crippen LogP contribution in [0.4, 0.5) is 0 Å². The van der Waals surface area contributed by atoms with E-state index in [0.717, 1.165) is 12.0 Å². The molecule has 3 rings (SSSR count). The van der Waals surface area contributed by atoms with Gasteiger partial charge in [-0.05, 0) is 18.4 Å². The molecule has 2 aliphatic rings. The number of carbonyl (C=O) groups excluding carboxylic acids is 1. The molecule has 7 heteroatoms. The van der Waals surface area contributed by atoms with Gasteiger partial charge in [-0.2, -0.15) is 0 Å². The molecule has 0 radical (unpaired) electrons. The Balaban J connectivity index is 1.70. The molecule has 0 spiro atoms. The third-order valence-corrected chi connectivity index (χ3v) is 4.71. The number of nitrogens with zero attached hydrogens (tertiary/aromatic N) is 1. The van der Waals surface area contributed by atoms with Crippen LogP contribution in [0.1, 0.15) is 18.4 Å². The number of esters is 1. The summed E-state index contributed by atoms with van der Waals surface area (Å²) >= 11 is 17.8. The van der Waals surface area contributed by atoms with Gasteiger partial charge in [0.05, 0.1) is 13.2 Å². The first kappa shape index (κ1) is 16.3. The topological polar surface area (TPSA) is 38.8 Å². The highest BCUT2D eigenvalue weighted by molar-refractivity contribution is 6.68. The van der Waals surface area contributed by atoms with Crippen LogP contribution >= 0.6 is 34.8 Å². The second-order valence-electron chi connectivity index (χ2n) is 5.61. The summed E-state index contributed by atoms with van der Waals surface area (Å²) in [4.78, 5) is 14.2. The van der Waals surface area contributed by atoms with Crippen LogP contribution in [-0.4, -0.2) is 39.6 Å². The van der Waals surface area contributed by atoms with Gasteiger partial charge >= 0.3 is 5.97 Å². The van der Waals surface area contributed by atoms with Crippen molar-refractivity contribution in [3.8, 4) is 0 Å². The molecule has 0 N–H and O–H groups in total. The first-order valence-corrected chi connectivity index (χ1v) is 8.23. The summed E-state index contributed by atoms with van der Waals surface area (Å²) < 4.78 is 9.41. The Morgan fingerprint density at radius 1 is 1.32 bits per heavy atom. The van der Waals surface area contributed by atoms with Crippen LogP contribution in [0.3, 0.4) is 0 Å². The van der Waals surface area contributed by atoms with Crippen LogP contribution in [0.2, 0.25) is 0 Å². The predicted octanol–water partition coefficient (Wildman–Crippen LogP) is 3.29. The number of fused-ring (bicyclic) bond motifs is 1. The quantitative estimate of drug-likeness (QED) is 0.607. The van der Waals surface area contributed by atoms with Gasteiger partial charge in [0.25, 0.3) is 0 Å². The van der Waals surface area contributed by atoms with E-state index in [-0.39, 0.29) is 12.6 Å². The zero-order valence-corrected chi connectivity index (χ0v) is 14.1. The van der Waals surface area contributed by atoms with E-state index in [4.69, 9.17) is 44.3 Å². The van der Waals surface area contributed by atoms with Crippen LogP contribution in [-0.2, 0) is 20.9 Å². The van der Waals surface area contributed by atoms with Crippen molar-refractivity contribution < 1.29 is 14.3 Å². The minimum Gasteiger partial charge on any atom is -0.440 e. The molecule has 2 heterocycles. The standard InChI is InChI=1S/C15H16Cl3NO3/c16-15(17,18)12-19-8-4-7-14(19,13(20)22-12)10-21-9-11-5-2-1-3-6-11/h1-3,5-6,12H,4,7-10H2/t12?,14-/m1/s1. The number of hydrogen-bond acceptors (Lipinski definition) is 4. The molecule has 1 unspecified atom stereocenters. The molecular formula is C15H16Cl3NO3. The van der Waals surface area contributed by atoms with Crippen molar-refractivity contribution in [2.75, 3.05) is 13.2 Å². The van der Waals surface area contributed by atoms with E-state index in [1.54, 1.807) is 0 Å². The first-order chi connectivity index (χ1) is 10.4.